The average Bonchev–Trinajstić information content (AvgIpc) is 2.20. The van der Waals surface area contributed by atoms with Crippen molar-refractivity contribution in [1.29, 1.82) is 0 Å². The number of aromatic nitrogens is 2. The predicted molar refractivity (Wildman–Crippen MR) is 57.6 cm³/mol. The lowest BCUT2D eigenvalue weighted by Gasteiger charge is -2.24. The van der Waals surface area contributed by atoms with Gasteiger partial charge in [-0.3, -0.25) is 4.79 Å². The Morgan fingerprint density at radius 1 is 1.60 bits per heavy atom. The molecule has 1 aromatic rings. The van der Waals surface area contributed by atoms with Crippen LogP contribution < -0.4 is 11.3 Å². The van der Waals surface area contributed by atoms with E-state index in [0.29, 0.717) is 13.1 Å². The smallest absolute Gasteiger partial charge is 0.267 e. The van der Waals surface area contributed by atoms with Crippen molar-refractivity contribution in [3.63, 3.8) is 0 Å². The van der Waals surface area contributed by atoms with Gasteiger partial charge in [0.15, 0.2) is 0 Å². The molecule has 0 saturated heterocycles. The van der Waals surface area contributed by atoms with Gasteiger partial charge in [-0.2, -0.15) is 5.10 Å². The average molecular weight is 208 g/mol. The van der Waals surface area contributed by atoms with E-state index in [2.05, 4.69) is 10.00 Å². The quantitative estimate of drug-likeness (QED) is 0.690. The second-order valence-electron chi connectivity index (χ2n) is 3.95. The molecule has 1 aliphatic rings. The highest BCUT2D eigenvalue weighted by Gasteiger charge is 2.15. The fourth-order valence-corrected chi connectivity index (χ4v) is 1.86. The third kappa shape index (κ3) is 2.08. The number of hydrogen-bond donors (Lipinski definition) is 1. The molecule has 1 aliphatic heterocycles. The van der Waals surface area contributed by atoms with Crippen LogP contribution in [0.5, 0.6) is 0 Å². The summed E-state index contributed by atoms with van der Waals surface area (Å²) in [4.78, 5) is 13.8. The number of hydrogen-bond acceptors (Lipinski definition) is 4. The van der Waals surface area contributed by atoms with E-state index in [-0.39, 0.29) is 5.56 Å². The molecule has 0 amide bonds. The van der Waals surface area contributed by atoms with Crippen molar-refractivity contribution in [3.8, 4) is 0 Å². The Kier molecular flexibility index (Phi) is 2.83. The van der Waals surface area contributed by atoms with Gasteiger partial charge in [0.2, 0.25) is 0 Å². The number of nitrogens with two attached hydrogens (primary N) is 1. The maximum atomic E-state index is 11.6. The first-order valence-corrected chi connectivity index (χ1v) is 5.19. The van der Waals surface area contributed by atoms with Gasteiger partial charge in [-0.1, -0.05) is 0 Å². The summed E-state index contributed by atoms with van der Waals surface area (Å²) >= 11 is 0. The van der Waals surface area contributed by atoms with Crippen molar-refractivity contribution in [1.82, 2.24) is 14.7 Å². The second kappa shape index (κ2) is 4.12. The van der Waals surface area contributed by atoms with Crippen molar-refractivity contribution in [2.75, 3.05) is 20.1 Å². The molecule has 2 heterocycles. The van der Waals surface area contributed by atoms with Crippen molar-refractivity contribution >= 4 is 0 Å². The number of fused-ring (bicyclic) bond motifs is 1. The molecule has 0 atom stereocenters. The van der Waals surface area contributed by atoms with Gasteiger partial charge in [-0.15, -0.1) is 0 Å². The van der Waals surface area contributed by atoms with Crippen molar-refractivity contribution in [2.45, 2.75) is 19.5 Å². The maximum Gasteiger partial charge on any atom is 0.267 e. The van der Waals surface area contributed by atoms with Gasteiger partial charge in [0.25, 0.3) is 5.56 Å². The van der Waals surface area contributed by atoms with E-state index < -0.39 is 0 Å². The summed E-state index contributed by atoms with van der Waals surface area (Å²) in [6.45, 7) is 2.77. The van der Waals surface area contributed by atoms with E-state index >= 15 is 0 Å². The normalized spacial score (nSPS) is 16.4. The number of nitrogens with zero attached hydrogens (tertiary/aromatic N) is 3. The predicted octanol–water partition coefficient (Wildman–Crippen LogP) is -0.810. The largest absolute Gasteiger partial charge is 0.329 e. The lowest BCUT2D eigenvalue weighted by atomic mass is 10.1. The number of likely N-dealkylation sites (N-methyl/N-ethyl adjacent to an activating group) is 1. The third-order valence-electron chi connectivity index (χ3n) is 2.68. The first-order chi connectivity index (χ1) is 7.20. The topological polar surface area (TPSA) is 64.2 Å². The van der Waals surface area contributed by atoms with Crippen LogP contribution in [0.15, 0.2) is 10.9 Å². The van der Waals surface area contributed by atoms with Crippen molar-refractivity contribution in [2.24, 2.45) is 5.73 Å². The van der Waals surface area contributed by atoms with Crippen LogP contribution in [0.3, 0.4) is 0 Å². The maximum absolute atomic E-state index is 11.6. The van der Waals surface area contributed by atoms with Gasteiger partial charge >= 0.3 is 0 Å². The zero-order valence-electron chi connectivity index (χ0n) is 8.94. The molecule has 2 N–H and O–H groups in total. The fourth-order valence-electron chi connectivity index (χ4n) is 1.86. The van der Waals surface area contributed by atoms with Crippen LogP contribution in [0.25, 0.3) is 0 Å². The monoisotopic (exact) mass is 208 g/mol. The second-order valence-corrected chi connectivity index (χ2v) is 3.95. The summed E-state index contributed by atoms with van der Waals surface area (Å²) in [6, 6.07) is 1.69. The highest BCUT2D eigenvalue weighted by molar-refractivity contribution is 5.20. The molecule has 0 aromatic carbocycles. The minimum Gasteiger partial charge on any atom is -0.329 e. The van der Waals surface area contributed by atoms with Gasteiger partial charge < -0.3 is 10.6 Å². The molecule has 1 aromatic heterocycles. The zero-order chi connectivity index (χ0) is 10.8. The summed E-state index contributed by atoms with van der Waals surface area (Å²) in [5.74, 6) is 0. The number of rotatable bonds is 2. The summed E-state index contributed by atoms with van der Waals surface area (Å²) in [5, 5.41) is 4.33. The van der Waals surface area contributed by atoms with Crippen LogP contribution >= 0.6 is 0 Å². The van der Waals surface area contributed by atoms with Crippen LogP contribution in [0.2, 0.25) is 0 Å². The molecule has 82 valence electrons. The molecule has 0 unspecified atom stereocenters. The lowest BCUT2D eigenvalue weighted by Crippen LogP contribution is -2.33. The van der Waals surface area contributed by atoms with Gasteiger partial charge in [-0.05, 0) is 12.6 Å². The zero-order valence-corrected chi connectivity index (χ0v) is 8.94. The lowest BCUT2D eigenvalue weighted by molar-refractivity contribution is 0.305. The summed E-state index contributed by atoms with van der Waals surface area (Å²) in [6.07, 6.45) is 0.913. The Bertz CT molecular complexity index is 412. The van der Waals surface area contributed by atoms with Crippen LogP contribution in [-0.4, -0.2) is 34.8 Å². The summed E-state index contributed by atoms with van der Waals surface area (Å²) in [7, 11) is 2.05. The minimum atomic E-state index is -0.0468. The third-order valence-corrected chi connectivity index (χ3v) is 2.68. The molecule has 0 fully saturated rings. The van der Waals surface area contributed by atoms with Crippen LogP contribution in [0.4, 0.5) is 0 Å². The summed E-state index contributed by atoms with van der Waals surface area (Å²) in [5.41, 5.74) is 7.47. The van der Waals surface area contributed by atoms with E-state index in [1.54, 1.807) is 6.07 Å². The first kappa shape index (κ1) is 10.3. The molecule has 5 heteroatoms. The van der Waals surface area contributed by atoms with E-state index in [4.69, 9.17) is 5.73 Å². The Hall–Kier alpha value is -1.20. The van der Waals surface area contributed by atoms with Gasteiger partial charge in [-0.25, -0.2) is 4.68 Å². The van der Waals surface area contributed by atoms with E-state index in [9.17, 15) is 4.79 Å². The molecule has 2 rings (SSSR count). The molecule has 0 radical (unpaired) electrons. The summed E-state index contributed by atoms with van der Waals surface area (Å²) < 4.78 is 1.46. The molecular formula is C10H16N4O. The van der Waals surface area contributed by atoms with E-state index in [0.717, 1.165) is 30.8 Å². The molecule has 5 nitrogen and oxygen atoms in total. The van der Waals surface area contributed by atoms with Crippen LogP contribution in [0, 0.1) is 0 Å². The molecule has 0 bridgehead atoms. The van der Waals surface area contributed by atoms with Crippen molar-refractivity contribution in [3.05, 3.63) is 27.7 Å². The Labute approximate surface area is 88.5 Å². The van der Waals surface area contributed by atoms with Gasteiger partial charge in [0.05, 0.1) is 12.2 Å². The highest BCUT2D eigenvalue weighted by Crippen LogP contribution is 2.12. The highest BCUT2D eigenvalue weighted by atomic mass is 16.1. The molecular weight excluding hydrogens is 192 g/mol. The Morgan fingerprint density at radius 2 is 2.40 bits per heavy atom. The Balaban J connectivity index is 2.37. The SMILES string of the molecule is CN1CCc2nn(CCN)c(=O)cc2C1. The van der Waals surface area contributed by atoms with Crippen LogP contribution in [-0.2, 0) is 19.5 Å². The molecule has 15 heavy (non-hydrogen) atoms. The first-order valence-electron chi connectivity index (χ1n) is 5.19. The van der Waals surface area contributed by atoms with Gasteiger partial charge in [0, 0.05) is 32.1 Å². The minimum absolute atomic E-state index is 0.0468. The van der Waals surface area contributed by atoms with Gasteiger partial charge in [0.1, 0.15) is 0 Å². The molecule has 0 spiro atoms. The Morgan fingerprint density at radius 3 is 3.13 bits per heavy atom. The molecule has 0 aliphatic carbocycles. The standard InChI is InChI=1S/C10H16N4O/c1-13-4-2-9-8(7-13)6-10(15)14(12-9)5-3-11/h6H,2-5,7,11H2,1H3. The van der Waals surface area contributed by atoms with Crippen molar-refractivity contribution < 1.29 is 0 Å². The van der Waals surface area contributed by atoms with E-state index in [1.165, 1.54) is 4.68 Å². The fraction of sp³-hybridized carbons (Fsp3) is 0.600. The molecule has 0 saturated carbocycles. The van der Waals surface area contributed by atoms with Crippen LogP contribution in [0.1, 0.15) is 11.3 Å². The van der Waals surface area contributed by atoms with E-state index in [1.807, 2.05) is 7.05 Å².